The van der Waals surface area contributed by atoms with Crippen LogP contribution in [0.25, 0.3) is 0 Å². The molecule has 11 heteroatoms. The summed E-state index contributed by atoms with van der Waals surface area (Å²) in [4.78, 5) is 29.1. The number of amides is 2. The van der Waals surface area contributed by atoms with Crippen LogP contribution in [0.2, 0.25) is 10.0 Å². The fourth-order valence-electron chi connectivity index (χ4n) is 5.19. The van der Waals surface area contributed by atoms with Crippen LogP contribution in [0.3, 0.4) is 0 Å². The van der Waals surface area contributed by atoms with Gasteiger partial charge in [-0.15, -0.1) is 0 Å². The van der Waals surface area contributed by atoms with Crippen molar-refractivity contribution in [3.8, 4) is 0 Å². The van der Waals surface area contributed by atoms with Crippen LogP contribution < -0.4 is 21.3 Å². The lowest BCUT2D eigenvalue weighted by molar-refractivity contribution is -0.122. The van der Waals surface area contributed by atoms with Crippen molar-refractivity contribution in [1.82, 2.24) is 25.8 Å². The summed E-state index contributed by atoms with van der Waals surface area (Å²) in [6.45, 7) is 3.23. The number of anilines is 1. The first kappa shape index (κ1) is 27.3. The number of fused-ring (bicyclic) bond motifs is 1. The summed E-state index contributed by atoms with van der Waals surface area (Å²) in [5, 5.41) is 21.9. The molecule has 0 aliphatic carbocycles. The molecule has 2 amide bonds. The van der Waals surface area contributed by atoms with E-state index in [1.165, 1.54) is 12.8 Å². The van der Waals surface area contributed by atoms with Crippen molar-refractivity contribution in [3.05, 3.63) is 75.5 Å². The van der Waals surface area contributed by atoms with E-state index >= 15 is 0 Å². The van der Waals surface area contributed by atoms with Gasteiger partial charge in [-0.1, -0.05) is 35.7 Å². The molecule has 0 bridgehead atoms. The quantitative estimate of drug-likeness (QED) is 0.333. The molecule has 0 spiro atoms. The molecule has 3 heterocycles. The number of carbonyl (C=O) groups is 2. The minimum absolute atomic E-state index is 0.131. The second kappa shape index (κ2) is 12.3. The maximum atomic E-state index is 12.7. The highest BCUT2D eigenvalue weighted by Gasteiger charge is 2.40. The van der Waals surface area contributed by atoms with Gasteiger partial charge in [-0.05, 0) is 73.8 Å². The number of guanidine groups is 1. The number of hydrogen-bond acceptors (Lipinski definition) is 6. The van der Waals surface area contributed by atoms with E-state index in [-0.39, 0.29) is 29.9 Å². The molecule has 2 unspecified atom stereocenters. The van der Waals surface area contributed by atoms with Crippen molar-refractivity contribution in [2.75, 3.05) is 38.0 Å². The minimum Gasteiger partial charge on any atom is -0.354 e. The molecule has 206 valence electrons. The van der Waals surface area contributed by atoms with Crippen molar-refractivity contribution in [1.29, 1.82) is 5.41 Å². The Balaban J connectivity index is 1.23. The molecule has 0 aromatic heterocycles. The third-order valence-electron chi connectivity index (χ3n) is 7.37. The monoisotopic (exact) mass is 569 g/mol. The fourth-order valence-corrected chi connectivity index (χ4v) is 5.70. The molecule has 5 rings (SSSR count). The Kier molecular flexibility index (Phi) is 8.60. The number of nitrogens with zero attached hydrogens (tertiary/aromatic N) is 2. The number of carbonyl (C=O) groups excluding carboxylic acids is 2. The number of rotatable bonds is 8. The highest BCUT2D eigenvalue weighted by molar-refractivity contribution is 6.35. The zero-order valence-electron chi connectivity index (χ0n) is 21.6. The summed E-state index contributed by atoms with van der Waals surface area (Å²) in [5.41, 5.74) is 2.35. The summed E-state index contributed by atoms with van der Waals surface area (Å²) in [6, 6.07) is 12.6. The maximum absolute atomic E-state index is 12.7. The Labute approximate surface area is 238 Å². The minimum atomic E-state index is -0.371. The standard InChI is InChI=1S/C28H33Cl2N7O2/c29-20-7-4-18(23(30)15-20)10-12-33-26(38)19-5-8-21(9-6-19)34-25(16-22-3-1-2-11-32-22)36-13-14-37-24(17-36)27(39)35-28(37)31/h4-9,15-16,22,24,32,34H,1-3,10-14,17H2,(H,33,38)(H2,31,35,39)/b25-16-. The topological polar surface area (TPSA) is 113 Å². The number of nitrogens with one attached hydrogen (secondary N) is 5. The zero-order valence-corrected chi connectivity index (χ0v) is 23.1. The van der Waals surface area contributed by atoms with Crippen LogP contribution in [-0.4, -0.2) is 72.4 Å². The number of piperidine rings is 1. The average molecular weight is 571 g/mol. The van der Waals surface area contributed by atoms with Crippen molar-refractivity contribution < 1.29 is 9.59 Å². The Morgan fingerprint density at radius 3 is 2.69 bits per heavy atom. The second-order valence-corrected chi connectivity index (χ2v) is 10.9. The highest BCUT2D eigenvalue weighted by Crippen LogP contribution is 2.23. The first-order chi connectivity index (χ1) is 18.9. The normalized spacial score (nSPS) is 21.4. The van der Waals surface area contributed by atoms with Crippen molar-refractivity contribution in [2.45, 2.75) is 37.8 Å². The van der Waals surface area contributed by atoms with E-state index in [0.29, 0.717) is 48.2 Å². The molecule has 0 saturated carbocycles. The van der Waals surface area contributed by atoms with Crippen LogP contribution in [0.15, 0.2) is 54.4 Å². The molecule has 3 fully saturated rings. The van der Waals surface area contributed by atoms with E-state index in [4.69, 9.17) is 28.6 Å². The van der Waals surface area contributed by atoms with Crippen LogP contribution in [0, 0.1) is 5.41 Å². The predicted octanol–water partition coefficient (Wildman–Crippen LogP) is 3.41. The number of halogens is 2. The highest BCUT2D eigenvalue weighted by atomic mass is 35.5. The SMILES string of the molecule is N=C1NC(=O)C2CN(/C(=C\C3CCCCN3)Nc3ccc(C(=O)NCCc4ccc(Cl)cc4Cl)cc3)CCN12. The molecule has 2 atom stereocenters. The van der Waals surface area contributed by atoms with Gasteiger partial charge in [0, 0.05) is 53.5 Å². The smallest absolute Gasteiger partial charge is 0.251 e. The van der Waals surface area contributed by atoms with Crippen LogP contribution >= 0.6 is 23.2 Å². The van der Waals surface area contributed by atoms with Gasteiger partial charge in [-0.3, -0.25) is 20.3 Å². The van der Waals surface area contributed by atoms with Gasteiger partial charge in [-0.25, -0.2) is 0 Å². The number of piperazine rings is 1. The number of hydrogen-bond donors (Lipinski definition) is 5. The van der Waals surface area contributed by atoms with Crippen molar-refractivity contribution in [3.63, 3.8) is 0 Å². The van der Waals surface area contributed by atoms with E-state index in [0.717, 1.165) is 30.0 Å². The molecule has 2 aromatic carbocycles. The third kappa shape index (κ3) is 6.66. The van der Waals surface area contributed by atoms with Gasteiger partial charge in [0.05, 0.1) is 0 Å². The average Bonchev–Trinajstić information content (AvgIpc) is 3.23. The lowest BCUT2D eigenvalue weighted by Crippen LogP contribution is -2.53. The van der Waals surface area contributed by atoms with E-state index in [2.05, 4.69) is 32.2 Å². The van der Waals surface area contributed by atoms with Gasteiger partial charge in [0.15, 0.2) is 5.96 Å². The summed E-state index contributed by atoms with van der Waals surface area (Å²) >= 11 is 12.2. The van der Waals surface area contributed by atoms with Crippen LogP contribution in [0.4, 0.5) is 5.69 Å². The van der Waals surface area contributed by atoms with Crippen LogP contribution in [0.5, 0.6) is 0 Å². The van der Waals surface area contributed by atoms with Crippen molar-refractivity contribution in [2.24, 2.45) is 0 Å². The van der Waals surface area contributed by atoms with E-state index in [9.17, 15) is 9.59 Å². The fraction of sp³-hybridized carbons (Fsp3) is 0.393. The van der Waals surface area contributed by atoms with Gasteiger partial charge in [-0.2, -0.15) is 0 Å². The second-order valence-electron chi connectivity index (χ2n) is 10.0. The van der Waals surface area contributed by atoms with Crippen LogP contribution in [-0.2, 0) is 11.2 Å². The van der Waals surface area contributed by atoms with Gasteiger partial charge < -0.3 is 25.8 Å². The third-order valence-corrected chi connectivity index (χ3v) is 7.96. The summed E-state index contributed by atoms with van der Waals surface area (Å²) in [6.07, 6.45) is 6.21. The first-order valence-corrected chi connectivity index (χ1v) is 14.1. The molecule has 9 nitrogen and oxygen atoms in total. The molecular weight excluding hydrogens is 537 g/mol. The van der Waals surface area contributed by atoms with Gasteiger partial charge in [0.1, 0.15) is 11.9 Å². The Morgan fingerprint density at radius 2 is 1.95 bits per heavy atom. The van der Waals surface area contributed by atoms with Gasteiger partial charge in [0.2, 0.25) is 0 Å². The molecule has 0 radical (unpaired) electrons. The Hall–Kier alpha value is -3.27. The van der Waals surface area contributed by atoms with E-state index < -0.39 is 0 Å². The number of benzene rings is 2. The molecule has 3 aliphatic rings. The first-order valence-electron chi connectivity index (χ1n) is 13.3. The van der Waals surface area contributed by atoms with Crippen LogP contribution in [0.1, 0.15) is 35.2 Å². The van der Waals surface area contributed by atoms with Crippen molar-refractivity contribution >= 4 is 46.7 Å². The van der Waals surface area contributed by atoms with E-state index in [1.54, 1.807) is 24.3 Å². The maximum Gasteiger partial charge on any atom is 0.251 e. The molecular formula is C28H33Cl2N7O2. The van der Waals surface area contributed by atoms with Gasteiger partial charge >= 0.3 is 0 Å². The lowest BCUT2D eigenvalue weighted by atomic mass is 10.0. The summed E-state index contributed by atoms with van der Waals surface area (Å²) in [5.74, 6) is 0.827. The molecule has 39 heavy (non-hydrogen) atoms. The molecule has 5 N–H and O–H groups in total. The predicted molar refractivity (Wildman–Crippen MR) is 154 cm³/mol. The molecule has 3 aliphatic heterocycles. The molecule has 3 saturated heterocycles. The largest absolute Gasteiger partial charge is 0.354 e. The molecule has 2 aromatic rings. The summed E-state index contributed by atoms with van der Waals surface area (Å²) < 4.78 is 0. The Morgan fingerprint density at radius 1 is 1.13 bits per heavy atom. The van der Waals surface area contributed by atoms with Gasteiger partial charge in [0.25, 0.3) is 11.8 Å². The lowest BCUT2D eigenvalue weighted by Gasteiger charge is -2.39. The van der Waals surface area contributed by atoms with E-state index in [1.807, 2.05) is 23.1 Å². The zero-order chi connectivity index (χ0) is 27.4. The Bertz CT molecular complexity index is 1260. The summed E-state index contributed by atoms with van der Waals surface area (Å²) in [7, 11) is 0.